The zero-order valence-electron chi connectivity index (χ0n) is 39.9. The van der Waals surface area contributed by atoms with Crippen molar-refractivity contribution in [2.45, 2.75) is 49.9 Å². The normalized spacial score (nSPS) is 12.6. The van der Waals surface area contributed by atoms with Crippen molar-refractivity contribution >= 4 is 91.0 Å². The number of thiazole rings is 2. The predicted molar refractivity (Wildman–Crippen MR) is 291 cm³/mol. The molecule has 8 rings (SSSR count). The van der Waals surface area contributed by atoms with Crippen molar-refractivity contribution in [2.75, 3.05) is 24.7 Å². The fourth-order valence-electron chi connectivity index (χ4n) is 7.43. The first-order chi connectivity index (χ1) is 35.7. The van der Waals surface area contributed by atoms with E-state index in [1.54, 1.807) is 34.8 Å². The molecule has 0 spiro atoms. The summed E-state index contributed by atoms with van der Waals surface area (Å²) in [5.74, 6) is -0.727. The van der Waals surface area contributed by atoms with E-state index in [9.17, 15) is 27.6 Å². The molecule has 8 aromatic rings. The van der Waals surface area contributed by atoms with E-state index in [0.717, 1.165) is 47.7 Å². The summed E-state index contributed by atoms with van der Waals surface area (Å²) in [7, 11) is -1.89. The second-order valence-electron chi connectivity index (χ2n) is 16.4. The summed E-state index contributed by atoms with van der Waals surface area (Å²) in [6.07, 6.45) is 0.0520. The monoisotopic (exact) mass is 1090 g/mol. The standard InChI is InChI=1S/C26H26N4O6S3.C26H26N4O3S2/c1-36-26(32)29-21(15-17-6-3-2-4-7-17)24(31)27-20(22-16-38-25(28-22)23-8-5-13-37-23)14-18-9-11-19(12-10-18)30-39(33,34)35;1-33-26(32)30-21(15-17-6-3-2-4-7-17)24(31)28-20(14-18-9-11-19(27)12-10-18)22-16-35-25(29-22)23-8-5-13-34-23/h2-13,16,20-21,30H,14-15H2,1H3,(H,27,31)(H,29,32)(H,33,34,35);2-13,16,20-21H,14-15,27H2,1H3,(H,28,31)(H,30,32)/t2*20-,21-/m11/s1. The quantitative estimate of drug-likeness (QED) is 0.0279. The number of carbonyl (C=O) groups excluding carboxylic acids is 4. The number of carbonyl (C=O) groups is 4. The summed E-state index contributed by atoms with van der Waals surface area (Å²) in [5, 5.41) is 21.0. The maximum atomic E-state index is 13.5. The van der Waals surface area contributed by atoms with E-state index >= 15 is 0 Å². The summed E-state index contributed by atoms with van der Waals surface area (Å²) < 4.78 is 42.7. The van der Waals surface area contributed by atoms with Crippen LogP contribution in [0.2, 0.25) is 0 Å². The Morgan fingerprint density at radius 3 is 1.32 bits per heavy atom. The molecule has 4 heterocycles. The Bertz CT molecular complexity index is 3160. The Morgan fingerprint density at radius 2 is 0.946 bits per heavy atom. The van der Waals surface area contributed by atoms with E-state index in [1.165, 1.54) is 49.0 Å². The molecule has 0 saturated carbocycles. The van der Waals surface area contributed by atoms with Gasteiger partial charge in [-0.1, -0.05) is 97.1 Å². The summed E-state index contributed by atoms with van der Waals surface area (Å²) in [6.45, 7) is 0. The lowest BCUT2D eigenvalue weighted by atomic mass is 10.0. The maximum absolute atomic E-state index is 13.5. The average Bonchev–Trinajstić information content (AvgIpc) is 4.26. The molecule has 0 saturated heterocycles. The molecular weight excluding hydrogens is 1040 g/mol. The fourth-order valence-corrected chi connectivity index (χ4v) is 11.2. The van der Waals surface area contributed by atoms with Crippen molar-refractivity contribution in [3.8, 4) is 19.8 Å². The van der Waals surface area contributed by atoms with Crippen molar-refractivity contribution in [3.63, 3.8) is 0 Å². The number of alkyl carbamates (subject to hydrolysis) is 2. The molecule has 4 atom stereocenters. The smallest absolute Gasteiger partial charge is 0.407 e. The molecule has 0 aliphatic carbocycles. The molecule has 4 amide bonds. The van der Waals surface area contributed by atoms with Crippen molar-refractivity contribution in [1.82, 2.24) is 31.2 Å². The van der Waals surface area contributed by atoms with Gasteiger partial charge >= 0.3 is 22.5 Å². The lowest BCUT2D eigenvalue weighted by Gasteiger charge is -2.23. The highest BCUT2D eigenvalue weighted by molar-refractivity contribution is 7.87. The van der Waals surface area contributed by atoms with E-state index in [1.807, 2.05) is 135 Å². The van der Waals surface area contributed by atoms with E-state index in [2.05, 4.69) is 21.3 Å². The van der Waals surface area contributed by atoms with Crippen molar-refractivity contribution in [1.29, 1.82) is 0 Å². The van der Waals surface area contributed by atoms with Gasteiger partial charge in [0.1, 0.15) is 22.1 Å². The molecular formula is C52H52N8O9S5. The number of hydrogen-bond acceptors (Lipinski definition) is 15. The topological polar surface area (TPSA) is 253 Å². The number of hydrogen-bond donors (Lipinski definition) is 7. The number of nitrogen functional groups attached to an aromatic ring is 1. The van der Waals surface area contributed by atoms with Crippen LogP contribution in [0.1, 0.15) is 45.7 Å². The zero-order chi connectivity index (χ0) is 52.5. The summed E-state index contributed by atoms with van der Waals surface area (Å²) in [6, 6.07) is 38.0. The van der Waals surface area contributed by atoms with Crippen LogP contribution in [0.25, 0.3) is 19.8 Å². The van der Waals surface area contributed by atoms with E-state index in [4.69, 9.17) is 29.7 Å². The van der Waals surface area contributed by atoms with Gasteiger partial charge in [-0.2, -0.15) is 8.42 Å². The number of aromatic nitrogens is 2. The first kappa shape index (κ1) is 54.3. The number of nitrogens with one attached hydrogen (secondary N) is 5. The third-order valence-corrected chi connectivity index (χ3v) is 15.4. The lowest BCUT2D eigenvalue weighted by molar-refractivity contribution is -0.124. The van der Waals surface area contributed by atoms with Gasteiger partial charge in [-0.25, -0.2) is 19.6 Å². The Kier molecular flexibility index (Phi) is 19.4. The number of methoxy groups -OCH3 is 2. The minimum atomic E-state index is -4.40. The number of nitrogens with two attached hydrogens (primary N) is 1. The number of anilines is 2. The van der Waals surface area contributed by atoms with E-state index in [-0.39, 0.29) is 18.0 Å². The van der Waals surface area contributed by atoms with Crippen molar-refractivity contribution < 1.29 is 41.6 Å². The number of benzene rings is 4. The van der Waals surface area contributed by atoms with Gasteiger partial charge in [0.25, 0.3) is 0 Å². The Balaban J connectivity index is 0.000000217. The molecule has 384 valence electrons. The first-order valence-corrected chi connectivity index (χ1v) is 27.7. The molecule has 4 aromatic carbocycles. The van der Waals surface area contributed by atoms with Crippen molar-refractivity contribution in [2.24, 2.45) is 0 Å². The van der Waals surface area contributed by atoms with Crippen LogP contribution in [0.4, 0.5) is 21.0 Å². The molecule has 0 unspecified atom stereocenters. The molecule has 0 bridgehead atoms. The molecule has 17 nitrogen and oxygen atoms in total. The Morgan fingerprint density at radius 1 is 0.541 bits per heavy atom. The van der Waals surface area contributed by atoms with Gasteiger partial charge in [0, 0.05) is 29.3 Å². The Labute approximate surface area is 444 Å². The first-order valence-electron chi connectivity index (χ1n) is 22.8. The number of rotatable bonds is 20. The zero-order valence-corrected chi connectivity index (χ0v) is 44.0. The summed E-state index contributed by atoms with van der Waals surface area (Å²) in [5.41, 5.74) is 11.7. The highest BCUT2D eigenvalue weighted by Crippen LogP contribution is 2.32. The molecule has 8 N–H and O–H groups in total. The summed E-state index contributed by atoms with van der Waals surface area (Å²) in [4.78, 5) is 62.7. The van der Waals surface area contributed by atoms with Gasteiger partial charge in [-0.3, -0.25) is 18.9 Å². The second kappa shape index (κ2) is 26.5. The largest absolute Gasteiger partial charge is 0.453 e. The average molecular weight is 1090 g/mol. The van der Waals surface area contributed by atoms with Gasteiger partial charge < -0.3 is 36.5 Å². The molecule has 0 radical (unpaired) electrons. The maximum Gasteiger partial charge on any atom is 0.407 e. The minimum Gasteiger partial charge on any atom is -0.453 e. The van der Waals surface area contributed by atoms with Gasteiger partial charge in [0.05, 0.1) is 53.1 Å². The Hall–Kier alpha value is -7.47. The molecule has 0 aliphatic heterocycles. The highest BCUT2D eigenvalue weighted by atomic mass is 32.2. The van der Waals surface area contributed by atoms with Crippen LogP contribution in [0.15, 0.2) is 155 Å². The van der Waals surface area contributed by atoms with Crippen molar-refractivity contribution in [3.05, 3.63) is 189 Å². The fraction of sp³-hybridized carbons (Fsp3) is 0.192. The van der Waals surface area contributed by atoms with Gasteiger partial charge in [0.15, 0.2) is 0 Å². The predicted octanol–water partition coefficient (Wildman–Crippen LogP) is 9.27. The van der Waals surface area contributed by atoms with Gasteiger partial charge in [0.2, 0.25) is 11.8 Å². The minimum absolute atomic E-state index is 0.195. The SMILES string of the molecule is COC(=O)N[C@H](Cc1ccccc1)C(=O)N[C@H](Cc1ccc(N)cc1)c1csc(-c2cccs2)n1.COC(=O)N[C@H](Cc1ccccc1)C(=O)N[C@H](Cc1ccc(NS(=O)(=O)O)cc1)c1csc(-c2cccs2)n1. The van der Waals surface area contributed by atoms with Crippen LogP contribution >= 0.6 is 45.3 Å². The van der Waals surface area contributed by atoms with Gasteiger partial charge in [-0.15, -0.1) is 45.3 Å². The van der Waals surface area contributed by atoms with Crippen LogP contribution in [0, 0.1) is 0 Å². The third kappa shape index (κ3) is 16.5. The van der Waals surface area contributed by atoms with Gasteiger partial charge in [-0.05, 0) is 82.3 Å². The van der Waals surface area contributed by atoms with Crippen LogP contribution in [-0.2, 0) is 55.1 Å². The lowest BCUT2D eigenvalue weighted by Crippen LogP contribution is -2.49. The van der Waals surface area contributed by atoms with E-state index in [0.29, 0.717) is 30.6 Å². The molecule has 4 aromatic heterocycles. The second-order valence-corrected chi connectivity index (χ2v) is 21.2. The van der Waals surface area contributed by atoms with Crippen LogP contribution < -0.4 is 31.7 Å². The molecule has 0 aliphatic rings. The third-order valence-electron chi connectivity index (χ3n) is 11.1. The van der Waals surface area contributed by atoms with E-state index < -0.39 is 52.6 Å². The molecule has 22 heteroatoms. The summed E-state index contributed by atoms with van der Waals surface area (Å²) >= 11 is 6.18. The van der Waals surface area contributed by atoms with Crippen LogP contribution in [0.5, 0.6) is 0 Å². The highest BCUT2D eigenvalue weighted by Gasteiger charge is 2.28. The van der Waals surface area contributed by atoms with Crippen LogP contribution in [-0.4, -0.2) is 73.2 Å². The molecule has 0 fully saturated rings. The van der Waals surface area contributed by atoms with Crippen LogP contribution in [0.3, 0.4) is 0 Å². The number of ether oxygens (including phenoxy) is 2. The number of nitrogens with zero attached hydrogens (tertiary/aromatic N) is 2. The number of thiophene rings is 2. The number of amides is 4. The molecule has 74 heavy (non-hydrogen) atoms.